The summed E-state index contributed by atoms with van der Waals surface area (Å²) in [7, 11) is 0. The number of thioether (sulfide) groups is 1. The maximum absolute atomic E-state index is 12.2. The first-order valence-electron chi connectivity index (χ1n) is 6.49. The summed E-state index contributed by atoms with van der Waals surface area (Å²) in [5.74, 6) is -0.112. The minimum atomic E-state index is -0.377. The first kappa shape index (κ1) is 15.7. The zero-order valence-corrected chi connectivity index (χ0v) is 13.4. The summed E-state index contributed by atoms with van der Waals surface area (Å²) in [6.45, 7) is 2.54. The molecular weight excluding hydrogens is 317 g/mol. The van der Waals surface area contributed by atoms with E-state index in [0.717, 1.165) is 30.2 Å². The minimum absolute atomic E-state index is 0.112. The molecule has 2 rings (SSSR count). The largest absolute Gasteiger partial charge is 0.289 e. The van der Waals surface area contributed by atoms with Gasteiger partial charge in [0.1, 0.15) is 0 Å². The quantitative estimate of drug-likeness (QED) is 0.802. The minimum Gasteiger partial charge on any atom is -0.273 e. The Labute approximate surface area is 132 Å². The molecule has 1 heterocycles. The Balaban J connectivity index is 2.07. The summed E-state index contributed by atoms with van der Waals surface area (Å²) < 4.78 is 0. The van der Waals surface area contributed by atoms with E-state index < -0.39 is 0 Å². The molecule has 1 saturated heterocycles. The van der Waals surface area contributed by atoms with Gasteiger partial charge in [0.25, 0.3) is 5.24 Å². The summed E-state index contributed by atoms with van der Waals surface area (Å²) in [5, 5.41) is 0.562. The first-order chi connectivity index (χ1) is 9.52. The van der Waals surface area contributed by atoms with E-state index in [1.165, 1.54) is 4.90 Å². The zero-order chi connectivity index (χ0) is 14.7. The van der Waals surface area contributed by atoms with Crippen molar-refractivity contribution < 1.29 is 9.59 Å². The van der Waals surface area contributed by atoms with E-state index in [0.29, 0.717) is 23.0 Å². The lowest BCUT2D eigenvalue weighted by atomic mass is 10.1. The molecular formula is C14H15Cl2NO2S. The van der Waals surface area contributed by atoms with Crippen LogP contribution in [0.5, 0.6) is 0 Å². The number of amides is 2. The second-order valence-corrected chi connectivity index (χ2v) is 6.65. The van der Waals surface area contributed by atoms with Crippen LogP contribution < -0.4 is 0 Å². The lowest BCUT2D eigenvalue weighted by Gasteiger charge is -2.13. The fourth-order valence-electron chi connectivity index (χ4n) is 2.03. The van der Waals surface area contributed by atoms with Gasteiger partial charge in [-0.1, -0.05) is 54.4 Å². The topological polar surface area (TPSA) is 37.4 Å². The smallest absolute Gasteiger partial charge is 0.273 e. The Morgan fingerprint density at radius 1 is 1.30 bits per heavy atom. The van der Waals surface area contributed by atoms with Crippen LogP contribution in [-0.2, 0) is 11.2 Å². The Kier molecular flexibility index (Phi) is 5.35. The third kappa shape index (κ3) is 3.48. The summed E-state index contributed by atoms with van der Waals surface area (Å²) >= 11 is 13.0. The molecule has 0 unspecified atom stereocenters. The van der Waals surface area contributed by atoms with E-state index >= 15 is 0 Å². The molecule has 0 saturated carbocycles. The number of rotatable bonds is 5. The molecule has 1 aliphatic heterocycles. The van der Waals surface area contributed by atoms with Crippen LogP contribution >= 0.6 is 35.0 Å². The predicted molar refractivity (Wildman–Crippen MR) is 83.6 cm³/mol. The van der Waals surface area contributed by atoms with Gasteiger partial charge in [-0.25, -0.2) is 0 Å². The van der Waals surface area contributed by atoms with E-state index in [4.69, 9.17) is 23.2 Å². The van der Waals surface area contributed by atoms with Gasteiger partial charge in [-0.2, -0.15) is 0 Å². The molecule has 0 bridgehead atoms. The highest BCUT2D eigenvalue weighted by molar-refractivity contribution is 8.15. The standard InChI is InChI=1S/C14H15Cl2NO2S/c1-2-3-6-17-13(18)12(20-14(17)19)7-9-4-5-10(15)8-11(9)16/h4-5,8,12H,2-3,6-7H2,1H3/t12-/m1/s1. The van der Waals surface area contributed by atoms with Crippen LogP contribution in [0.25, 0.3) is 0 Å². The molecule has 0 radical (unpaired) electrons. The van der Waals surface area contributed by atoms with Gasteiger partial charge >= 0.3 is 0 Å². The van der Waals surface area contributed by atoms with E-state index in [9.17, 15) is 9.59 Å². The number of benzene rings is 1. The molecule has 1 aromatic rings. The van der Waals surface area contributed by atoms with Crippen molar-refractivity contribution in [2.45, 2.75) is 31.4 Å². The molecule has 1 atom stereocenters. The van der Waals surface area contributed by atoms with E-state index in [2.05, 4.69) is 0 Å². The molecule has 0 N–H and O–H groups in total. The van der Waals surface area contributed by atoms with E-state index in [1.54, 1.807) is 18.2 Å². The number of nitrogens with zero attached hydrogens (tertiary/aromatic N) is 1. The van der Waals surface area contributed by atoms with Gasteiger partial charge in [0.15, 0.2) is 0 Å². The summed E-state index contributed by atoms with van der Waals surface area (Å²) in [6.07, 6.45) is 2.25. The van der Waals surface area contributed by atoms with Gasteiger partial charge in [-0.3, -0.25) is 14.5 Å². The van der Waals surface area contributed by atoms with Crippen molar-refractivity contribution in [1.82, 2.24) is 4.90 Å². The summed E-state index contributed by atoms with van der Waals surface area (Å²) in [4.78, 5) is 25.4. The highest BCUT2D eigenvalue weighted by Gasteiger charge is 2.39. The van der Waals surface area contributed by atoms with Crippen molar-refractivity contribution in [3.8, 4) is 0 Å². The second kappa shape index (κ2) is 6.83. The van der Waals surface area contributed by atoms with Crippen LogP contribution in [0.2, 0.25) is 10.0 Å². The van der Waals surface area contributed by atoms with Gasteiger partial charge in [0.05, 0.1) is 5.25 Å². The van der Waals surface area contributed by atoms with Crippen LogP contribution in [-0.4, -0.2) is 27.8 Å². The highest BCUT2D eigenvalue weighted by atomic mass is 35.5. The van der Waals surface area contributed by atoms with Crippen molar-refractivity contribution >= 4 is 46.1 Å². The van der Waals surface area contributed by atoms with Crippen molar-refractivity contribution in [1.29, 1.82) is 0 Å². The lowest BCUT2D eigenvalue weighted by Crippen LogP contribution is -2.33. The molecule has 108 valence electrons. The number of hydrogen-bond acceptors (Lipinski definition) is 3. The molecule has 6 heteroatoms. The van der Waals surface area contributed by atoms with Crippen LogP contribution in [0.4, 0.5) is 4.79 Å². The van der Waals surface area contributed by atoms with Crippen molar-refractivity contribution in [2.75, 3.05) is 6.54 Å². The maximum Gasteiger partial charge on any atom is 0.289 e. The predicted octanol–water partition coefficient (Wildman–Crippen LogP) is 4.40. The highest BCUT2D eigenvalue weighted by Crippen LogP contribution is 2.32. The SMILES string of the molecule is CCCCN1C(=O)S[C@H](Cc2ccc(Cl)cc2Cl)C1=O. The molecule has 1 aromatic carbocycles. The molecule has 2 amide bonds. The van der Waals surface area contributed by atoms with Crippen molar-refractivity contribution in [3.63, 3.8) is 0 Å². The number of halogens is 2. The monoisotopic (exact) mass is 331 g/mol. The lowest BCUT2D eigenvalue weighted by molar-refractivity contribution is -0.126. The van der Waals surface area contributed by atoms with Crippen molar-refractivity contribution in [3.05, 3.63) is 33.8 Å². The first-order valence-corrected chi connectivity index (χ1v) is 8.12. The van der Waals surface area contributed by atoms with E-state index in [1.807, 2.05) is 6.92 Å². The molecule has 20 heavy (non-hydrogen) atoms. The average molecular weight is 332 g/mol. The van der Waals surface area contributed by atoms with E-state index in [-0.39, 0.29) is 16.4 Å². The van der Waals surface area contributed by atoms with Crippen molar-refractivity contribution in [2.24, 2.45) is 0 Å². The Morgan fingerprint density at radius 2 is 2.05 bits per heavy atom. The third-order valence-electron chi connectivity index (χ3n) is 3.16. The number of carbonyl (C=O) groups is 2. The Hall–Kier alpha value is -0.710. The molecule has 1 fully saturated rings. The average Bonchev–Trinajstić information content (AvgIpc) is 2.66. The maximum atomic E-state index is 12.2. The normalized spacial score (nSPS) is 18.9. The zero-order valence-electron chi connectivity index (χ0n) is 11.1. The van der Waals surface area contributed by atoms with Gasteiger partial charge < -0.3 is 0 Å². The fourth-order valence-corrected chi connectivity index (χ4v) is 3.56. The number of carbonyl (C=O) groups excluding carboxylic acids is 2. The van der Waals surface area contributed by atoms with Crippen LogP contribution in [0, 0.1) is 0 Å². The summed E-state index contributed by atoms with van der Waals surface area (Å²) in [5.41, 5.74) is 0.840. The Bertz CT molecular complexity index is 536. The third-order valence-corrected chi connectivity index (χ3v) is 4.82. The number of unbranched alkanes of at least 4 members (excludes halogenated alkanes) is 1. The molecule has 0 spiro atoms. The molecule has 0 aromatic heterocycles. The molecule has 0 aliphatic carbocycles. The van der Waals surface area contributed by atoms with Gasteiger partial charge in [-0.15, -0.1) is 0 Å². The summed E-state index contributed by atoms with van der Waals surface area (Å²) in [6, 6.07) is 5.19. The van der Waals surface area contributed by atoms with Crippen LogP contribution in [0.15, 0.2) is 18.2 Å². The van der Waals surface area contributed by atoms with Crippen LogP contribution in [0.1, 0.15) is 25.3 Å². The number of hydrogen-bond donors (Lipinski definition) is 0. The number of imide groups is 1. The fraction of sp³-hybridized carbons (Fsp3) is 0.429. The van der Waals surface area contributed by atoms with Gasteiger partial charge in [0, 0.05) is 16.6 Å². The Morgan fingerprint density at radius 3 is 2.70 bits per heavy atom. The second-order valence-electron chi connectivity index (χ2n) is 4.66. The van der Waals surface area contributed by atoms with Gasteiger partial charge in [-0.05, 0) is 30.5 Å². The molecule has 1 aliphatic rings. The van der Waals surface area contributed by atoms with Gasteiger partial charge in [0.2, 0.25) is 5.91 Å². The molecule has 3 nitrogen and oxygen atoms in total. The van der Waals surface area contributed by atoms with Crippen LogP contribution in [0.3, 0.4) is 0 Å².